The summed E-state index contributed by atoms with van der Waals surface area (Å²) in [5.74, 6) is 4.09. The molecule has 382 valence electrons. The fourth-order valence-corrected chi connectivity index (χ4v) is 15.0. The van der Waals surface area contributed by atoms with Gasteiger partial charge in [0.15, 0.2) is 0 Å². The van der Waals surface area contributed by atoms with Gasteiger partial charge in [-0.05, 0) is 138 Å². The van der Waals surface area contributed by atoms with E-state index in [1.807, 2.05) is 6.92 Å². The number of carbonyl (C=O) groups excluding carboxylic acids is 2. The number of carbonyl (C=O) groups is 2. The lowest BCUT2D eigenvalue weighted by Crippen LogP contribution is -2.51. The van der Waals surface area contributed by atoms with E-state index >= 15 is 0 Å². The SMILES string of the molecule is C.CC[C@H]1O[C@@H](n2cc(/C=C/C(=O)NCCCC(=O)O[C@H]3CC[C@@]4(C)C(=CCC5C4CC[C@@]4(C)C5CC[C@@H]4[C@H](C)CCCC(C)C)C3)c(=O)[nH]c2=O)CC1OP(OCCC#N)N(C(C)C)C(C)C. The predicted molar refractivity (Wildman–Crippen MR) is 271 cm³/mol. The Labute approximate surface area is 409 Å². The largest absolute Gasteiger partial charge is 0.462 e. The van der Waals surface area contributed by atoms with Crippen LogP contribution in [0.4, 0.5) is 0 Å². The van der Waals surface area contributed by atoms with Crippen molar-refractivity contribution in [2.75, 3.05) is 13.2 Å². The fraction of sp³-hybridized carbons (Fsp3) is 0.796. The van der Waals surface area contributed by atoms with Crippen LogP contribution in [-0.4, -0.2) is 69.6 Å². The van der Waals surface area contributed by atoms with E-state index in [0.29, 0.717) is 24.7 Å². The Kier molecular flexibility index (Phi) is 20.3. The van der Waals surface area contributed by atoms with Crippen LogP contribution in [0.25, 0.3) is 6.08 Å². The molecule has 6 rings (SSSR count). The summed E-state index contributed by atoms with van der Waals surface area (Å²) in [5.41, 5.74) is 1.03. The van der Waals surface area contributed by atoms with Crippen LogP contribution in [0, 0.1) is 57.7 Å². The second-order valence-corrected chi connectivity index (χ2v) is 23.5. The third-order valence-electron chi connectivity index (χ3n) is 16.6. The molecule has 68 heavy (non-hydrogen) atoms. The van der Waals surface area contributed by atoms with E-state index in [9.17, 15) is 19.2 Å². The average Bonchev–Trinajstić information content (AvgIpc) is 3.84. The van der Waals surface area contributed by atoms with E-state index in [4.69, 9.17) is 23.8 Å². The average molecular weight is 966 g/mol. The molecule has 5 unspecified atom stereocenters. The van der Waals surface area contributed by atoms with E-state index in [2.05, 4.69) is 89.4 Å². The van der Waals surface area contributed by atoms with Gasteiger partial charge in [0.25, 0.3) is 14.1 Å². The zero-order valence-electron chi connectivity index (χ0n) is 42.5. The monoisotopic (exact) mass is 966 g/mol. The molecule has 1 amide bonds. The van der Waals surface area contributed by atoms with Crippen molar-refractivity contribution < 1.29 is 28.1 Å². The van der Waals surface area contributed by atoms with Crippen LogP contribution in [0.2, 0.25) is 0 Å². The highest BCUT2D eigenvalue weighted by molar-refractivity contribution is 7.44. The molecular formula is C54H88N5O8P. The molecule has 4 aliphatic carbocycles. The zero-order valence-corrected chi connectivity index (χ0v) is 43.4. The number of H-pyrrole nitrogens is 1. The van der Waals surface area contributed by atoms with E-state index in [1.165, 1.54) is 79.9 Å². The maximum absolute atomic E-state index is 13.1. The van der Waals surface area contributed by atoms with Gasteiger partial charge in [-0.1, -0.05) is 79.9 Å². The van der Waals surface area contributed by atoms with E-state index in [-0.39, 0.29) is 74.7 Å². The van der Waals surface area contributed by atoms with Crippen LogP contribution in [-0.2, 0) is 28.1 Å². The van der Waals surface area contributed by atoms with Crippen molar-refractivity contribution in [3.63, 3.8) is 0 Å². The van der Waals surface area contributed by atoms with E-state index < -0.39 is 38.0 Å². The number of esters is 1. The topological polar surface area (TPSA) is 165 Å². The van der Waals surface area contributed by atoms with Crippen molar-refractivity contribution in [2.24, 2.45) is 46.3 Å². The molecule has 0 radical (unpaired) electrons. The van der Waals surface area contributed by atoms with Crippen LogP contribution in [0.5, 0.6) is 0 Å². The number of nitrogens with zero attached hydrogens (tertiary/aromatic N) is 3. The second-order valence-electron chi connectivity index (χ2n) is 22.1. The Hall–Kier alpha value is -3.14. The molecule has 0 bridgehead atoms. The Bertz CT molecular complexity index is 2050. The summed E-state index contributed by atoms with van der Waals surface area (Å²) in [7, 11) is -1.53. The van der Waals surface area contributed by atoms with Crippen molar-refractivity contribution in [1.82, 2.24) is 19.5 Å². The van der Waals surface area contributed by atoms with Crippen molar-refractivity contribution >= 4 is 26.5 Å². The molecule has 13 nitrogen and oxygen atoms in total. The van der Waals surface area contributed by atoms with Gasteiger partial charge >= 0.3 is 11.7 Å². The van der Waals surface area contributed by atoms with Gasteiger partial charge in [0, 0.05) is 50.2 Å². The molecule has 1 saturated heterocycles. The molecule has 3 saturated carbocycles. The summed E-state index contributed by atoms with van der Waals surface area (Å²) < 4.78 is 28.6. The van der Waals surface area contributed by atoms with Crippen LogP contribution in [0.3, 0.4) is 0 Å². The molecule has 5 aliphatic rings. The van der Waals surface area contributed by atoms with Gasteiger partial charge in [-0.15, -0.1) is 0 Å². The Morgan fingerprint density at radius 1 is 1.04 bits per heavy atom. The molecule has 1 aromatic heterocycles. The minimum absolute atomic E-state index is 0. The zero-order chi connectivity index (χ0) is 48.6. The summed E-state index contributed by atoms with van der Waals surface area (Å²) in [4.78, 5) is 54.2. The van der Waals surface area contributed by atoms with E-state index in [0.717, 1.165) is 54.8 Å². The maximum Gasteiger partial charge on any atom is 0.330 e. The number of nitrogens with one attached hydrogen (secondary N) is 2. The summed E-state index contributed by atoms with van der Waals surface area (Å²) in [5, 5.41) is 11.9. The lowest BCUT2D eigenvalue weighted by Gasteiger charge is -2.58. The third-order valence-corrected chi connectivity index (χ3v) is 18.8. The number of allylic oxidation sites excluding steroid dienone is 1. The van der Waals surface area contributed by atoms with Gasteiger partial charge in [0.05, 0.1) is 36.9 Å². The maximum atomic E-state index is 13.1. The highest BCUT2D eigenvalue weighted by Crippen LogP contribution is 2.67. The van der Waals surface area contributed by atoms with Crippen molar-refractivity contribution in [2.45, 2.75) is 216 Å². The standard InChI is InChI=1S/C53H84N5O8P.CH4/c1-11-45-46(66-67(63-30-14-28-54)58(35(4)5)36(6)7)32-48(65-45)57-33-38(50(61)56-51(57)62)18-23-47(59)55-29-13-17-49(60)64-40-24-26-52(9)39(31-40)19-20-41-43-22-21-42(37(8)16-12-15-34(2)3)53(43,10)27-25-44(41)52;/h18-19,23,33-37,40-46,48H,11-17,20-22,24-27,29-32H2,1-10H3,(H,55,59)(H,56,61,62);1H4/b23-18+;/t37-,40+,41?,42-,43?,44?,45-,46?,48-,52+,53-,67?;/m1./s1. The first kappa shape index (κ1) is 55.8. The number of nitriles is 1. The predicted octanol–water partition coefficient (Wildman–Crippen LogP) is 11.4. The van der Waals surface area contributed by atoms with Crippen molar-refractivity contribution in [1.29, 1.82) is 5.26 Å². The molecule has 2 N–H and O–H groups in total. The highest BCUT2D eigenvalue weighted by atomic mass is 31.2. The molecular weight excluding hydrogens is 878 g/mol. The van der Waals surface area contributed by atoms with Gasteiger partial charge in [0.1, 0.15) is 12.3 Å². The smallest absolute Gasteiger partial charge is 0.330 e. The molecule has 0 aromatic carbocycles. The van der Waals surface area contributed by atoms with Gasteiger partial charge in [-0.25, -0.2) is 9.46 Å². The number of hydrogen-bond acceptors (Lipinski definition) is 10. The van der Waals surface area contributed by atoms with Crippen LogP contribution in [0.15, 0.2) is 33.5 Å². The summed E-state index contributed by atoms with van der Waals surface area (Å²) in [6.07, 6.45) is 20.3. The number of aromatic nitrogens is 2. The molecule has 0 spiro atoms. The molecule has 14 heteroatoms. The van der Waals surface area contributed by atoms with Crippen LogP contribution >= 0.6 is 8.53 Å². The normalized spacial score (nSPS) is 30.9. The Morgan fingerprint density at radius 2 is 1.79 bits per heavy atom. The summed E-state index contributed by atoms with van der Waals surface area (Å²) in [6.45, 7) is 23.2. The van der Waals surface area contributed by atoms with Crippen LogP contribution < -0.4 is 16.6 Å². The minimum atomic E-state index is -1.53. The molecule has 4 fully saturated rings. The van der Waals surface area contributed by atoms with Gasteiger partial charge < -0.3 is 23.8 Å². The van der Waals surface area contributed by atoms with Gasteiger partial charge in [-0.2, -0.15) is 5.26 Å². The van der Waals surface area contributed by atoms with Crippen molar-refractivity contribution in [3.05, 3.63) is 50.3 Å². The molecule has 1 aromatic rings. The van der Waals surface area contributed by atoms with Gasteiger partial charge in [-0.3, -0.25) is 23.9 Å². The Balaban J connectivity index is 0.00000864. The number of aromatic amines is 1. The lowest BCUT2D eigenvalue weighted by atomic mass is 9.47. The fourth-order valence-electron chi connectivity index (χ4n) is 13.3. The highest BCUT2D eigenvalue weighted by Gasteiger charge is 2.59. The van der Waals surface area contributed by atoms with Gasteiger partial charge in [0.2, 0.25) is 5.91 Å². The van der Waals surface area contributed by atoms with E-state index in [1.54, 1.807) is 0 Å². The second kappa shape index (κ2) is 24.8. The number of amides is 1. The quantitative estimate of drug-likeness (QED) is 0.0376. The lowest BCUT2D eigenvalue weighted by molar-refractivity contribution is -0.151. The van der Waals surface area contributed by atoms with Crippen molar-refractivity contribution in [3.8, 4) is 6.07 Å². The summed E-state index contributed by atoms with van der Waals surface area (Å²) in [6, 6.07) is 2.36. The third kappa shape index (κ3) is 13.0. The number of ether oxygens (including phenoxy) is 2. The molecule has 2 heterocycles. The first-order chi connectivity index (χ1) is 31.9. The van der Waals surface area contributed by atoms with Crippen LogP contribution in [0.1, 0.15) is 191 Å². The minimum Gasteiger partial charge on any atom is -0.462 e. The first-order valence-corrected chi connectivity index (χ1v) is 27.1. The Morgan fingerprint density at radius 3 is 2.49 bits per heavy atom. The first-order valence-electron chi connectivity index (χ1n) is 26.0. The number of rotatable bonds is 22. The summed E-state index contributed by atoms with van der Waals surface area (Å²) >= 11 is 0. The molecule has 12 atom stereocenters. The number of hydrogen-bond donors (Lipinski definition) is 2. The molecule has 1 aliphatic heterocycles. The number of fused-ring (bicyclic) bond motifs is 5.